The van der Waals surface area contributed by atoms with E-state index in [4.69, 9.17) is 38.3 Å². The third-order valence-electron chi connectivity index (χ3n) is 14.0. The number of amides is 1. The molecule has 18 nitrogen and oxygen atoms in total. The molecule has 2 bridgehead atoms. The van der Waals surface area contributed by atoms with Crippen LogP contribution in [0.5, 0.6) is 0 Å². The van der Waals surface area contributed by atoms with Gasteiger partial charge in [-0.3, -0.25) is 19.2 Å². The maximum atomic E-state index is 15.6. The number of carboxylic acids is 1. The molecular formula is C51H55NO17. The predicted octanol–water partition coefficient (Wildman–Crippen LogP) is 4.42. The molecule has 0 unspecified atom stereocenters. The van der Waals surface area contributed by atoms with Crippen LogP contribution in [0.1, 0.15) is 93.1 Å². The van der Waals surface area contributed by atoms with Gasteiger partial charge >= 0.3 is 35.8 Å². The van der Waals surface area contributed by atoms with E-state index >= 15 is 9.59 Å². The SMILES string of the molecule is CC(=O)O[C@H]1C(=O)[C@]2(C)CC[C@H]3OC[C@@]3(OC(C)=O)[C@H]2[C@H](OC(=O)c2ccccc2)[C@]2(O)C[C@H](OC(=O)[C@H](OC(=O)COCC(=O)O)[C@@H](NC(=O)c3ccccc3)c3ccccc3)C(C)=C1C2(C)C. The van der Waals surface area contributed by atoms with Crippen molar-refractivity contribution in [3.63, 3.8) is 0 Å². The number of rotatable bonds is 15. The Labute approximate surface area is 397 Å². The molecule has 0 spiro atoms. The molecule has 3 aromatic rings. The maximum Gasteiger partial charge on any atom is 0.350 e. The molecule has 2 saturated carbocycles. The smallest absolute Gasteiger partial charge is 0.350 e. The van der Waals surface area contributed by atoms with Crippen molar-refractivity contribution in [1.82, 2.24) is 5.32 Å². The molecule has 366 valence electrons. The highest BCUT2D eigenvalue weighted by Gasteiger charge is 2.76. The number of aliphatic hydroxyl groups is 1. The van der Waals surface area contributed by atoms with Crippen molar-refractivity contribution >= 4 is 47.5 Å². The van der Waals surface area contributed by atoms with Crippen LogP contribution in [0.4, 0.5) is 0 Å². The van der Waals surface area contributed by atoms with Crippen molar-refractivity contribution in [3.8, 4) is 0 Å². The summed E-state index contributed by atoms with van der Waals surface area (Å²) in [5.41, 5.74) is -6.66. The second-order valence-corrected chi connectivity index (χ2v) is 18.6. The summed E-state index contributed by atoms with van der Waals surface area (Å²) in [7, 11) is 0. The molecule has 7 rings (SSSR count). The van der Waals surface area contributed by atoms with E-state index in [0.29, 0.717) is 0 Å². The zero-order valence-corrected chi connectivity index (χ0v) is 39.0. The highest BCUT2D eigenvalue weighted by molar-refractivity contribution is 5.96. The van der Waals surface area contributed by atoms with Gasteiger partial charge in [-0.25, -0.2) is 19.2 Å². The quantitative estimate of drug-likeness (QED) is 0.108. The first-order valence-corrected chi connectivity index (χ1v) is 22.5. The van der Waals surface area contributed by atoms with Gasteiger partial charge in [-0.05, 0) is 60.7 Å². The van der Waals surface area contributed by atoms with Crippen LogP contribution in [0.3, 0.4) is 0 Å². The summed E-state index contributed by atoms with van der Waals surface area (Å²) < 4.78 is 41.6. The highest BCUT2D eigenvalue weighted by Crippen LogP contribution is 2.64. The van der Waals surface area contributed by atoms with Crippen LogP contribution in [-0.2, 0) is 61.9 Å². The molecule has 0 aromatic heterocycles. The summed E-state index contributed by atoms with van der Waals surface area (Å²) in [5.74, 6) is -9.13. The van der Waals surface area contributed by atoms with Gasteiger partial charge in [-0.2, -0.15) is 0 Å². The first kappa shape index (κ1) is 50.1. The summed E-state index contributed by atoms with van der Waals surface area (Å²) in [5, 5.41) is 25.8. The molecule has 1 heterocycles. The number of nitrogens with one attached hydrogen (secondary N) is 1. The van der Waals surface area contributed by atoms with Gasteiger partial charge < -0.3 is 48.7 Å². The highest BCUT2D eigenvalue weighted by atomic mass is 16.6. The van der Waals surface area contributed by atoms with E-state index in [9.17, 15) is 33.9 Å². The Bertz CT molecular complexity index is 2530. The number of carbonyl (C=O) groups excluding carboxylic acids is 7. The Morgan fingerprint density at radius 1 is 0.812 bits per heavy atom. The molecule has 3 N–H and O–H groups in total. The Morgan fingerprint density at radius 2 is 1.42 bits per heavy atom. The lowest BCUT2D eigenvalue weighted by molar-refractivity contribution is -0.332. The van der Waals surface area contributed by atoms with Crippen LogP contribution in [0, 0.1) is 16.7 Å². The second-order valence-electron chi connectivity index (χ2n) is 18.6. The summed E-state index contributed by atoms with van der Waals surface area (Å²) in [6.07, 6.45) is -8.22. The van der Waals surface area contributed by atoms with Crippen LogP contribution in [0.15, 0.2) is 102 Å². The molecular weight excluding hydrogens is 899 g/mol. The first-order chi connectivity index (χ1) is 32.6. The zero-order valence-electron chi connectivity index (χ0n) is 39.0. The van der Waals surface area contributed by atoms with Gasteiger partial charge in [0.25, 0.3) is 5.91 Å². The van der Waals surface area contributed by atoms with Crippen LogP contribution in [0.25, 0.3) is 0 Å². The third-order valence-corrected chi connectivity index (χ3v) is 14.0. The largest absolute Gasteiger partial charge is 0.480 e. The number of carbonyl (C=O) groups is 8. The van der Waals surface area contributed by atoms with Crippen LogP contribution in [-0.4, -0.2) is 119 Å². The van der Waals surface area contributed by atoms with Gasteiger partial charge in [0.15, 0.2) is 17.5 Å². The number of hydrogen-bond donors (Lipinski definition) is 3. The number of hydrogen-bond acceptors (Lipinski definition) is 16. The zero-order chi connectivity index (χ0) is 50.1. The minimum absolute atomic E-state index is 0.0239. The van der Waals surface area contributed by atoms with Gasteiger partial charge in [-0.15, -0.1) is 0 Å². The molecule has 1 saturated heterocycles. The minimum Gasteiger partial charge on any atom is -0.480 e. The number of benzene rings is 3. The van der Waals surface area contributed by atoms with Crippen molar-refractivity contribution in [2.45, 2.75) is 109 Å². The Morgan fingerprint density at radius 3 is 1.99 bits per heavy atom. The minimum atomic E-state index is -2.38. The van der Waals surface area contributed by atoms with Gasteiger partial charge in [0.2, 0.25) is 6.10 Å². The van der Waals surface area contributed by atoms with E-state index < -0.39 is 132 Å². The van der Waals surface area contributed by atoms with Crippen molar-refractivity contribution in [3.05, 3.63) is 119 Å². The molecule has 18 heteroatoms. The number of esters is 5. The normalized spacial score (nSPS) is 28.6. The molecule has 3 aromatic carbocycles. The third kappa shape index (κ3) is 9.52. The summed E-state index contributed by atoms with van der Waals surface area (Å²) in [6, 6.07) is 22.4. The Balaban J connectivity index is 1.40. The van der Waals surface area contributed by atoms with Crippen LogP contribution < -0.4 is 5.32 Å². The van der Waals surface area contributed by atoms with Crippen molar-refractivity contribution in [2.75, 3.05) is 19.8 Å². The maximum absolute atomic E-state index is 15.6. The monoisotopic (exact) mass is 953 g/mol. The van der Waals surface area contributed by atoms with Crippen LogP contribution >= 0.6 is 0 Å². The molecule has 3 aliphatic carbocycles. The number of carboxylic acid groups (broad SMARTS) is 1. The fraction of sp³-hybridized carbons (Fsp3) is 0.451. The number of ether oxygens (including phenoxy) is 7. The second kappa shape index (κ2) is 19.7. The Kier molecular flexibility index (Phi) is 14.3. The van der Waals surface area contributed by atoms with Gasteiger partial charge in [-0.1, -0.05) is 87.5 Å². The number of fused-ring (bicyclic) bond motifs is 5. The predicted molar refractivity (Wildman–Crippen MR) is 239 cm³/mol. The van der Waals surface area contributed by atoms with Crippen molar-refractivity contribution < 1.29 is 81.7 Å². The molecule has 1 amide bonds. The number of aliphatic carboxylic acids is 1. The summed E-state index contributed by atoms with van der Waals surface area (Å²) >= 11 is 0. The van der Waals surface area contributed by atoms with Crippen molar-refractivity contribution in [1.29, 1.82) is 0 Å². The Hall–Kier alpha value is -6.76. The van der Waals surface area contributed by atoms with E-state index in [2.05, 4.69) is 5.32 Å². The van der Waals surface area contributed by atoms with E-state index in [1.54, 1.807) is 87.5 Å². The summed E-state index contributed by atoms with van der Waals surface area (Å²) in [6.45, 7) is 6.48. The van der Waals surface area contributed by atoms with Crippen molar-refractivity contribution in [2.24, 2.45) is 16.7 Å². The molecule has 1 aliphatic heterocycles. The topological polar surface area (TPSA) is 254 Å². The fourth-order valence-electron chi connectivity index (χ4n) is 10.7. The lowest BCUT2D eigenvalue weighted by Crippen LogP contribution is -2.79. The van der Waals surface area contributed by atoms with E-state index in [1.165, 1.54) is 38.1 Å². The van der Waals surface area contributed by atoms with Gasteiger partial charge in [0.05, 0.1) is 18.1 Å². The van der Waals surface area contributed by atoms with E-state index in [-0.39, 0.29) is 47.3 Å². The average molecular weight is 954 g/mol. The molecule has 10 atom stereocenters. The molecule has 4 aliphatic rings. The molecule has 0 radical (unpaired) electrons. The lowest BCUT2D eigenvalue weighted by Gasteiger charge is -2.66. The fourth-order valence-corrected chi connectivity index (χ4v) is 10.7. The van der Waals surface area contributed by atoms with E-state index in [1.807, 2.05) is 0 Å². The van der Waals surface area contributed by atoms with Crippen LogP contribution in [0.2, 0.25) is 0 Å². The van der Waals surface area contributed by atoms with E-state index in [0.717, 1.165) is 6.92 Å². The summed E-state index contributed by atoms with van der Waals surface area (Å²) in [4.78, 5) is 110. The lowest BCUT2D eigenvalue weighted by atomic mass is 9.45. The average Bonchev–Trinajstić information content (AvgIpc) is 3.30. The first-order valence-electron chi connectivity index (χ1n) is 22.5. The van der Waals surface area contributed by atoms with Gasteiger partial charge in [0.1, 0.15) is 43.2 Å². The number of Topliss-reactive ketones (excluding diaryl/α,β-unsaturated/α-hetero) is 1. The standard InChI is InChI=1S/C51H55NO17/c1-28-34(66-47(61)41(67-37(57)26-63-25-36(55)56)39(31-16-10-7-11-17-31)52-45(59)32-18-12-8-13-19-32)24-51(62)44(68-46(60)33-20-14-9-15-21-33)42-49(6,23-22-35-50(42,27-64-35)69-30(3)54)43(58)40(65-29(2)53)38(28)48(51,4)5/h7-21,34-35,39-42,44,62H,22-27H2,1-6H3,(H,52,59)(H,55,56)/t34-,35+,39-,40+,41+,42-,44-,49+,50-,51+/m0/s1. The molecule has 69 heavy (non-hydrogen) atoms. The molecule has 3 fully saturated rings. The number of ketones is 1. The van der Waals surface area contributed by atoms with Gasteiger partial charge in [0, 0.05) is 36.7 Å².